The van der Waals surface area contributed by atoms with E-state index >= 15 is 0 Å². The molecule has 0 saturated carbocycles. The summed E-state index contributed by atoms with van der Waals surface area (Å²) in [5.41, 5.74) is -1.13. The van der Waals surface area contributed by atoms with E-state index in [0.29, 0.717) is 43.6 Å². The molecule has 0 aliphatic carbocycles. The minimum absolute atomic E-state index is 0.0325. The van der Waals surface area contributed by atoms with Crippen LogP contribution in [0.15, 0.2) is 23.1 Å². The molecule has 2 atom stereocenters. The van der Waals surface area contributed by atoms with Crippen molar-refractivity contribution in [2.24, 2.45) is 0 Å². The molecule has 7 nitrogen and oxygen atoms in total. The van der Waals surface area contributed by atoms with Gasteiger partial charge >= 0.3 is 11.9 Å². The number of carbonyl (C=O) groups is 1. The molecule has 0 unspecified atom stereocenters. The number of fused-ring (bicyclic) bond motifs is 1. The van der Waals surface area contributed by atoms with E-state index in [1.807, 2.05) is 0 Å². The summed E-state index contributed by atoms with van der Waals surface area (Å²) in [5.74, 6) is 0.166. The van der Waals surface area contributed by atoms with E-state index in [9.17, 15) is 27.2 Å². The lowest BCUT2D eigenvalue weighted by Crippen LogP contribution is -2.41. The van der Waals surface area contributed by atoms with Gasteiger partial charge in [-0.25, -0.2) is 13.9 Å². The van der Waals surface area contributed by atoms with Gasteiger partial charge in [-0.1, -0.05) is 6.07 Å². The molecule has 0 aromatic carbocycles. The Hall–Kier alpha value is -2.72. The number of nitrogens with zero attached hydrogens (tertiary/aromatic N) is 5. The Labute approximate surface area is 162 Å². The predicted octanol–water partition coefficient (Wildman–Crippen LogP) is 1.95. The second-order valence-electron chi connectivity index (χ2n) is 7.35. The Bertz CT molecular complexity index is 966. The maximum absolute atomic E-state index is 13.5. The molecule has 0 bridgehead atoms. The molecule has 1 amide bonds. The van der Waals surface area contributed by atoms with Gasteiger partial charge in [-0.3, -0.25) is 14.3 Å². The van der Waals surface area contributed by atoms with Crippen LogP contribution in [-0.2, 0) is 23.9 Å². The fourth-order valence-corrected chi connectivity index (χ4v) is 3.86. The van der Waals surface area contributed by atoms with Gasteiger partial charge in [0.15, 0.2) is 0 Å². The summed E-state index contributed by atoms with van der Waals surface area (Å²) in [5, 5.41) is 4.26. The van der Waals surface area contributed by atoms with E-state index in [0.717, 1.165) is 16.9 Å². The van der Waals surface area contributed by atoms with Crippen LogP contribution < -0.4 is 5.69 Å². The third kappa shape index (κ3) is 3.77. The minimum atomic E-state index is -4.54. The van der Waals surface area contributed by atoms with E-state index in [2.05, 4.69) is 10.1 Å². The fraction of sp³-hybridized carbons (Fsp3) is 0.556. The topological polar surface area (TPSA) is 73.0 Å². The molecule has 29 heavy (non-hydrogen) atoms. The van der Waals surface area contributed by atoms with Gasteiger partial charge in [0, 0.05) is 19.2 Å². The van der Waals surface area contributed by atoms with Gasteiger partial charge in [0.2, 0.25) is 5.91 Å². The van der Waals surface area contributed by atoms with Gasteiger partial charge in [0.05, 0.1) is 13.1 Å². The van der Waals surface area contributed by atoms with Crippen molar-refractivity contribution in [2.75, 3.05) is 13.1 Å². The average Bonchev–Trinajstić information content (AvgIpc) is 3.25. The lowest BCUT2D eigenvalue weighted by Gasteiger charge is -2.26. The van der Waals surface area contributed by atoms with Crippen molar-refractivity contribution in [1.82, 2.24) is 24.2 Å². The summed E-state index contributed by atoms with van der Waals surface area (Å²) >= 11 is 0. The molecule has 0 N–H and O–H groups in total. The minimum Gasteiger partial charge on any atom is -0.338 e. The number of pyridine rings is 1. The van der Waals surface area contributed by atoms with Crippen LogP contribution in [0.2, 0.25) is 0 Å². The lowest BCUT2D eigenvalue weighted by atomic mass is 10.0. The number of alkyl halides is 4. The summed E-state index contributed by atoms with van der Waals surface area (Å²) in [6, 6.07) is 1.37. The van der Waals surface area contributed by atoms with E-state index in [1.54, 1.807) is 0 Å². The molecule has 11 heteroatoms. The Morgan fingerprint density at radius 1 is 1.24 bits per heavy atom. The van der Waals surface area contributed by atoms with E-state index in [1.165, 1.54) is 15.5 Å². The first-order chi connectivity index (χ1) is 13.7. The Morgan fingerprint density at radius 2 is 2.03 bits per heavy atom. The SMILES string of the molecule is O=C([C@H]1CCCc2nn(Cc3ccc(C(F)(F)F)nc3)c(=O)n21)N1CC[C@@H](F)C1. The van der Waals surface area contributed by atoms with Crippen molar-refractivity contribution in [3.63, 3.8) is 0 Å². The normalized spacial score (nSPS) is 22.0. The van der Waals surface area contributed by atoms with Crippen molar-refractivity contribution in [3.05, 3.63) is 45.9 Å². The molecule has 4 rings (SSSR count). The number of amides is 1. The van der Waals surface area contributed by atoms with Crippen molar-refractivity contribution < 1.29 is 22.4 Å². The molecule has 0 radical (unpaired) electrons. The van der Waals surface area contributed by atoms with Gasteiger partial charge in [-0.15, -0.1) is 0 Å². The first-order valence-corrected chi connectivity index (χ1v) is 9.37. The lowest BCUT2D eigenvalue weighted by molar-refractivity contribution is -0.141. The number of hydrogen-bond acceptors (Lipinski definition) is 4. The third-order valence-corrected chi connectivity index (χ3v) is 5.31. The fourth-order valence-electron chi connectivity index (χ4n) is 3.86. The van der Waals surface area contributed by atoms with Crippen LogP contribution in [0.25, 0.3) is 0 Å². The molecular weight excluding hydrogens is 394 g/mol. The number of aryl methyl sites for hydroxylation is 1. The molecule has 156 valence electrons. The van der Waals surface area contributed by atoms with Crippen molar-refractivity contribution in [1.29, 1.82) is 0 Å². The maximum atomic E-state index is 13.5. The van der Waals surface area contributed by atoms with Crippen LogP contribution in [0.5, 0.6) is 0 Å². The standard InChI is InChI=1S/C18H19F4N5O2/c19-12-6-7-25(10-12)16(28)13-2-1-3-15-24-26(17(29)27(13)15)9-11-4-5-14(23-8-11)18(20,21)22/h4-5,8,12-13H,1-3,6-7,9-10H2/t12-,13-/m1/s1. The zero-order chi connectivity index (χ0) is 20.8. The molecule has 0 spiro atoms. The summed E-state index contributed by atoms with van der Waals surface area (Å²) < 4.78 is 53.9. The Balaban J connectivity index is 1.58. The van der Waals surface area contributed by atoms with Gasteiger partial charge < -0.3 is 4.90 Å². The number of halogens is 4. The van der Waals surface area contributed by atoms with Gasteiger partial charge in [-0.05, 0) is 30.9 Å². The van der Waals surface area contributed by atoms with Gasteiger partial charge in [0.1, 0.15) is 23.7 Å². The Kier molecular flexibility index (Phi) is 4.91. The predicted molar refractivity (Wildman–Crippen MR) is 92.9 cm³/mol. The van der Waals surface area contributed by atoms with E-state index < -0.39 is 29.8 Å². The highest BCUT2D eigenvalue weighted by molar-refractivity contribution is 5.81. The molecular formula is C18H19F4N5O2. The average molecular weight is 413 g/mol. The number of carbonyl (C=O) groups excluding carboxylic acids is 1. The molecule has 2 aromatic heterocycles. The van der Waals surface area contributed by atoms with Gasteiger partial charge in [0.25, 0.3) is 0 Å². The third-order valence-electron chi connectivity index (χ3n) is 5.31. The van der Waals surface area contributed by atoms with Crippen LogP contribution >= 0.6 is 0 Å². The number of rotatable bonds is 3. The zero-order valence-electron chi connectivity index (χ0n) is 15.4. The summed E-state index contributed by atoms with van der Waals surface area (Å²) in [6.45, 7) is 0.303. The van der Waals surface area contributed by atoms with Crippen molar-refractivity contribution >= 4 is 5.91 Å². The van der Waals surface area contributed by atoms with Crippen molar-refractivity contribution in [2.45, 2.75) is 50.6 Å². The van der Waals surface area contributed by atoms with Gasteiger partial charge in [-0.2, -0.15) is 18.3 Å². The number of aromatic nitrogens is 4. The highest BCUT2D eigenvalue weighted by Gasteiger charge is 2.36. The van der Waals surface area contributed by atoms with Crippen LogP contribution in [0, 0.1) is 0 Å². The van der Waals surface area contributed by atoms with Crippen LogP contribution in [0.1, 0.15) is 42.4 Å². The van der Waals surface area contributed by atoms with E-state index in [-0.39, 0.29) is 19.0 Å². The first-order valence-electron chi connectivity index (χ1n) is 9.37. The number of hydrogen-bond donors (Lipinski definition) is 0. The largest absolute Gasteiger partial charge is 0.433 e. The number of likely N-dealkylation sites (tertiary alicyclic amines) is 1. The quantitative estimate of drug-likeness (QED) is 0.722. The van der Waals surface area contributed by atoms with Crippen molar-refractivity contribution in [3.8, 4) is 0 Å². The first kappa shape index (κ1) is 19.6. The summed E-state index contributed by atoms with van der Waals surface area (Å²) in [4.78, 5) is 30.5. The molecule has 2 aromatic rings. The second-order valence-corrected chi connectivity index (χ2v) is 7.35. The van der Waals surface area contributed by atoms with Crippen LogP contribution in [0.3, 0.4) is 0 Å². The maximum Gasteiger partial charge on any atom is 0.433 e. The van der Waals surface area contributed by atoms with Crippen LogP contribution in [0.4, 0.5) is 17.6 Å². The molecule has 2 aliphatic rings. The Morgan fingerprint density at radius 3 is 2.66 bits per heavy atom. The van der Waals surface area contributed by atoms with Crippen LogP contribution in [-0.4, -0.2) is 49.4 Å². The molecule has 1 saturated heterocycles. The summed E-state index contributed by atoms with van der Waals surface area (Å²) in [7, 11) is 0. The highest BCUT2D eigenvalue weighted by atomic mass is 19.4. The molecule has 2 aliphatic heterocycles. The molecule has 1 fully saturated rings. The smallest absolute Gasteiger partial charge is 0.338 e. The molecule has 4 heterocycles. The van der Waals surface area contributed by atoms with E-state index in [4.69, 9.17) is 0 Å². The monoisotopic (exact) mass is 413 g/mol. The summed E-state index contributed by atoms with van der Waals surface area (Å²) in [6.07, 6.45) is -2.59. The zero-order valence-corrected chi connectivity index (χ0v) is 15.4. The highest BCUT2D eigenvalue weighted by Crippen LogP contribution is 2.28. The second kappa shape index (κ2) is 7.27.